The summed E-state index contributed by atoms with van der Waals surface area (Å²) in [5.41, 5.74) is 4.82. The molecule has 4 nitrogen and oxygen atoms in total. The van der Waals surface area contributed by atoms with Crippen molar-refractivity contribution in [2.45, 2.75) is 12.8 Å². The van der Waals surface area contributed by atoms with Crippen LogP contribution in [0, 0.1) is 6.92 Å². The van der Waals surface area contributed by atoms with E-state index in [4.69, 9.17) is 5.73 Å². The topological polar surface area (TPSA) is 68.0 Å². The average molecular weight is 272 g/mol. The molecule has 1 aromatic rings. The zero-order chi connectivity index (χ0) is 11.5. The van der Waals surface area contributed by atoms with Gasteiger partial charge in [0.05, 0.1) is 24.3 Å². The third kappa shape index (κ3) is 4.38. The highest BCUT2D eigenvalue weighted by Crippen LogP contribution is 2.13. The Kier molecular flexibility index (Phi) is 5.77. The molecular weight excluding hydrogens is 260 g/mol. The van der Waals surface area contributed by atoms with Crippen molar-refractivity contribution < 1.29 is 13.6 Å². The molecule has 0 bridgehead atoms. The van der Waals surface area contributed by atoms with Crippen molar-refractivity contribution in [1.29, 1.82) is 0 Å². The van der Waals surface area contributed by atoms with E-state index in [1.807, 2.05) is 0 Å². The second kappa shape index (κ2) is 6.07. The van der Waals surface area contributed by atoms with E-state index < -0.39 is 24.9 Å². The molecule has 0 radical (unpaired) electrons. The Hall–Kier alpha value is -0.790. The molecule has 1 aromatic heterocycles. The van der Waals surface area contributed by atoms with Gasteiger partial charge in [-0.15, -0.1) is 23.7 Å². The largest absolute Gasteiger partial charge is 0.345 e. The highest BCUT2D eigenvalue weighted by molar-refractivity contribution is 7.13. The molecular formula is C8H12ClF2N3OS. The zero-order valence-electron chi connectivity index (χ0n) is 8.50. The van der Waals surface area contributed by atoms with Crippen molar-refractivity contribution in [3.05, 3.63) is 16.1 Å². The Bertz CT molecular complexity index is 359. The monoisotopic (exact) mass is 271 g/mol. The van der Waals surface area contributed by atoms with Gasteiger partial charge >= 0.3 is 0 Å². The van der Waals surface area contributed by atoms with Gasteiger partial charge in [0.1, 0.15) is 4.88 Å². The van der Waals surface area contributed by atoms with Gasteiger partial charge < -0.3 is 11.1 Å². The lowest BCUT2D eigenvalue weighted by atomic mass is 10.3. The van der Waals surface area contributed by atoms with Crippen LogP contribution in [0.4, 0.5) is 8.78 Å². The summed E-state index contributed by atoms with van der Waals surface area (Å²) in [6.45, 7) is 0.199. The Morgan fingerprint density at radius 1 is 1.69 bits per heavy atom. The van der Waals surface area contributed by atoms with Gasteiger partial charge in [-0.2, -0.15) is 0 Å². The fourth-order valence-electron chi connectivity index (χ4n) is 0.835. The molecule has 0 spiro atoms. The molecule has 8 heteroatoms. The van der Waals surface area contributed by atoms with Gasteiger partial charge in [0.15, 0.2) is 0 Å². The first kappa shape index (κ1) is 15.2. The summed E-state index contributed by atoms with van der Waals surface area (Å²) in [4.78, 5) is 15.5. The van der Waals surface area contributed by atoms with Crippen molar-refractivity contribution in [3.8, 4) is 0 Å². The van der Waals surface area contributed by atoms with E-state index in [-0.39, 0.29) is 12.4 Å². The van der Waals surface area contributed by atoms with Crippen molar-refractivity contribution in [2.24, 2.45) is 5.73 Å². The predicted molar refractivity (Wildman–Crippen MR) is 60.4 cm³/mol. The number of nitrogens with two attached hydrogens (primary N) is 1. The van der Waals surface area contributed by atoms with Crippen molar-refractivity contribution >= 4 is 29.7 Å². The zero-order valence-corrected chi connectivity index (χ0v) is 10.1. The molecule has 0 saturated heterocycles. The highest BCUT2D eigenvalue weighted by Gasteiger charge is 2.27. The molecule has 0 aliphatic carbocycles. The number of alkyl halides is 2. The first-order valence-electron chi connectivity index (χ1n) is 4.23. The summed E-state index contributed by atoms with van der Waals surface area (Å²) >= 11 is 1.15. The number of carbonyl (C=O) groups is 1. The molecule has 0 aromatic carbocycles. The minimum Gasteiger partial charge on any atom is -0.345 e. The number of amides is 1. The molecule has 1 rings (SSSR count). The highest BCUT2D eigenvalue weighted by atomic mass is 35.5. The Morgan fingerprint density at radius 3 is 2.75 bits per heavy atom. The van der Waals surface area contributed by atoms with E-state index in [0.29, 0.717) is 9.88 Å². The fraction of sp³-hybridized carbons (Fsp3) is 0.500. The van der Waals surface area contributed by atoms with Crippen LogP contribution >= 0.6 is 23.7 Å². The minimum absolute atomic E-state index is 0. The first-order valence-corrected chi connectivity index (χ1v) is 5.05. The van der Waals surface area contributed by atoms with Gasteiger partial charge in [-0.3, -0.25) is 4.79 Å². The van der Waals surface area contributed by atoms with E-state index in [1.54, 1.807) is 6.92 Å². The smallest absolute Gasteiger partial charge is 0.277 e. The number of rotatable bonds is 4. The SMILES string of the molecule is Cc1ncc(C(=O)NCC(F)(F)CN)s1.Cl. The number of nitrogens with one attached hydrogen (secondary N) is 1. The Balaban J connectivity index is 0.00000225. The van der Waals surface area contributed by atoms with E-state index in [0.717, 1.165) is 11.3 Å². The van der Waals surface area contributed by atoms with E-state index in [1.165, 1.54) is 6.20 Å². The standard InChI is InChI=1S/C8H11F2N3OS.ClH/c1-5-12-2-6(15-5)7(14)13-4-8(9,10)3-11;/h2H,3-4,11H2,1H3,(H,13,14);1H. The number of aryl methyl sites for hydroxylation is 1. The molecule has 1 amide bonds. The van der Waals surface area contributed by atoms with Crippen LogP contribution in [0.5, 0.6) is 0 Å². The van der Waals surface area contributed by atoms with Crippen molar-refractivity contribution in [3.63, 3.8) is 0 Å². The van der Waals surface area contributed by atoms with Crippen LogP contribution in [0.15, 0.2) is 6.20 Å². The van der Waals surface area contributed by atoms with Crippen LogP contribution in [0.1, 0.15) is 14.7 Å². The maximum atomic E-state index is 12.7. The van der Waals surface area contributed by atoms with Crippen LogP contribution in [0.3, 0.4) is 0 Å². The van der Waals surface area contributed by atoms with E-state index >= 15 is 0 Å². The molecule has 0 saturated carbocycles. The molecule has 0 fully saturated rings. The number of carbonyl (C=O) groups excluding carboxylic acids is 1. The van der Waals surface area contributed by atoms with Crippen LogP contribution in [0.25, 0.3) is 0 Å². The van der Waals surface area contributed by atoms with Gasteiger partial charge in [0.2, 0.25) is 0 Å². The molecule has 16 heavy (non-hydrogen) atoms. The number of thiazole rings is 1. The molecule has 3 N–H and O–H groups in total. The van der Waals surface area contributed by atoms with Gasteiger partial charge in [-0.05, 0) is 6.92 Å². The van der Waals surface area contributed by atoms with Gasteiger partial charge in [0, 0.05) is 0 Å². The summed E-state index contributed by atoms with van der Waals surface area (Å²) in [7, 11) is 0. The minimum atomic E-state index is -3.06. The summed E-state index contributed by atoms with van der Waals surface area (Å²) in [5.74, 6) is -3.61. The molecule has 0 atom stereocenters. The van der Waals surface area contributed by atoms with Crippen LogP contribution in [-0.4, -0.2) is 29.9 Å². The predicted octanol–water partition coefficient (Wildman–Crippen LogP) is 1.20. The van der Waals surface area contributed by atoms with Gasteiger partial charge in [-0.25, -0.2) is 13.8 Å². The number of aromatic nitrogens is 1. The van der Waals surface area contributed by atoms with Crippen molar-refractivity contribution in [1.82, 2.24) is 10.3 Å². The normalized spacial score (nSPS) is 10.8. The quantitative estimate of drug-likeness (QED) is 0.865. The second-order valence-corrected chi connectivity index (χ2v) is 4.22. The van der Waals surface area contributed by atoms with Crippen LogP contribution in [-0.2, 0) is 0 Å². The van der Waals surface area contributed by atoms with Gasteiger partial charge in [-0.1, -0.05) is 0 Å². The Labute approximate surface area is 102 Å². The van der Waals surface area contributed by atoms with E-state index in [9.17, 15) is 13.6 Å². The summed E-state index contributed by atoms with van der Waals surface area (Å²) in [6.07, 6.45) is 1.36. The average Bonchev–Trinajstić information content (AvgIpc) is 2.61. The van der Waals surface area contributed by atoms with Crippen molar-refractivity contribution in [2.75, 3.05) is 13.1 Å². The fourth-order valence-corrected chi connectivity index (χ4v) is 1.53. The maximum absolute atomic E-state index is 12.7. The number of halogens is 3. The second-order valence-electron chi connectivity index (χ2n) is 2.99. The molecule has 92 valence electrons. The third-order valence-corrected chi connectivity index (χ3v) is 2.56. The maximum Gasteiger partial charge on any atom is 0.277 e. The molecule has 0 aliphatic heterocycles. The Morgan fingerprint density at radius 2 is 2.31 bits per heavy atom. The third-order valence-electron chi connectivity index (χ3n) is 1.65. The summed E-state index contributed by atoms with van der Waals surface area (Å²) < 4.78 is 25.4. The summed E-state index contributed by atoms with van der Waals surface area (Å²) in [5, 5.41) is 2.82. The number of hydrogen-bond donors (Lipinski definition) is 2. The van der Waals surface area contributed by atoms with Crippen LogP contribution < -0.4 is 11.1 Å². The number of nitrogens with zero attached hydrogens (tertiary/aromatic N) is 1. The lowest BCUT2D eigenvalue weighted by Gasteiger charge is -2.13. The summed E-state index contributed by atoms with van der Waals surface area (Å²) in [6, 6.07) is 0. The molecule has 1 heterocycles. The van der Waals surface area contributed by atoms with E-state index in [2.05, 4.69) is 10.3 Å². The number of hydrogen-bond acceptors (Lipinski definition) is 4. The van der Waals surface area contributed by atoms with Crippen LogP contribution in [0.2, 0.25) is 0 Å². The molecule has 0 aliphatic rings. The lowest BCUT2D eigenvalue weighted by Crippen LogP contribution is -2.41. The lowest BCUT2D eigenvalue weighted by molar-refractivity contribution is 0.0119. The van der Waals surface area contributed by atoms with Gasteiger partial charge in [0.25, 0.3) is 11.8 Å². The first-order chi connectivity index (χ1) is 6.94. The molecule has 0 unspecified atom stereocenters.